The normalized spacial score (nSPS) is 23.1. The van der Waals surface area contributed by atoms with Crippen molar-refractivity contribution < 1.29 is 9.59 Å². The van der Waals surface area contributed by atoms with Gasteiger partial charge >= 0.3 is 0 Å². The van der Waals surface area contributed by atoms with Crippen LogP contribution in [0.1, 0.15) is 57.8 Å². The summed E-state index contributed by atoms with van der Waals surface area (Å²) < 4.78 is 1.63. The highest BCUT2D eigenvalue weighted by Crippen LogP contribution is 2.36. The zero-order chi connectivity index (χ0) is 20.2. The zero-order valence-corrected chi connectivity index (χ0v) is 16.6. The number of hydrogen-bond donors (Lipinski definition) is 1. The van der Waals surface area contributed by atoms with Crippen molar-refractivity contribution in [1.82, 2.24) is 34.6 Å². The minimum atomic E-state index is -0.0537. The van der Waals surface area contributed by atoms with E-state index < -0.39 is 0 Å². The molecule has 0 unspecified atom stereocenters. The standard InChI is InChI=1S/C21H23N7O2/c29-20(14-4-7-28-18(9-14)22-12-23-28)26-6-5-16-17(11-26)24-25-19(16)21(30)27-10-13-2-1-3-15(27)8-13/h4,7,9,12-13,15H,1-3,5-6,8,10-11H2,(H,24,25)/t13-,15+/m1/s1. The maximum Gasteiger partial charge on any atom is 0.274 e. The molecule has 2 atom stereocenters. The van der Waals surface area contributed by atoms with E-state index in [1.807, 2.05) is 4.90 Å². The van der Waals surface area contributed by atoms with Crippen LogP contribution in [0, 0.1) is 5.92 Å². The molecule has 1 aliphatic carbocycles. The summed E-state index contributed by atoms with van der Waals surface area (Å²) in [6.45, 7) is 1.86. The van der Waals surface area contributed by atoms with Crippen LogP contribution in [0.4, 0.5) is 0 Å². The molecule has 1 saturated heterocycles. The Morgan fingerprint density at radius 2 is 2.13 bits per heavy atom. The van der Waals surface area contributed by atoms with Crippen molar-refractivity contribution in [3.05, 3.63) is 47.2 Å². The van der Waals surface area contributed by atoms with Gasteiger partial charge in [-0.1, -0.05) is 6.42 Å². The number of hydrogen-bond acceptors (Lipinski definition) is 5. The van der Waals surface area contributed by atoms with E-state index in [1.165, 1.54) is 19.2 Å². The van der Waals surface area contributed by atoms with Gasteiger partial charge in [0.1, 0.15) is 6.33 Å². The Balaban J connectivity index is 1.21. The van der Waals surface area contributed by atoms with Gasteiger partial charge in [0.25, 0.3) is 11.8 Å². The Kier molecular flexibility index (Phi) is 3.90. The van der Waals surface area contributed by atoms with Crippen molar-refractivity contribution in [2.24, 2.45) is 5.92 Å². The van der Waals surface area contributed by atoms with Crippen molar-refractivity contribution in [3.63, 3.8) is 0 Å². The molecule has 9 heteroatoms. The molecule has 3 aromatic heterocycles. The molecule has 2 bridgehead atoms. The van der Waals surface area contributed by atoms with Crippen molar-refractivity contribution in [2.45, 2.75) is 44.7 Å². The first-order valence-electron chi connectivity index (χ1n) is 10.6. The quantitative estimate of drug-likeness (QED) is 0.699. The lowest BCUT2D eigenvalue weighted by Gasteiger charge is -2.28. The first kappa shape index (κ1) is 17.6. The summed E-state index contributed by atoms with van der Waals surface area (Å²) in [5.41, 5.74) is 3.61. The van der Waals surface area contributed by atoms with Crippen LogP contribution in [-0.4, -0.2) is 65.5 Å². The molecular formula is C21H23N7O2. The summed E-state index contributed by atoms with van der Waals surface area (Å²) in [6.07, 6.45) is 8.53. The first-order valence-corrected chi connectivity index (χ1v) is 10.6. The second-order valence-corrected chi connectivity index (χ2v) is 8.63. The van der Waals surface area contributed by atoms with E-state index in [4.69, 9.17) is 0 Å². The van der Waals surface area contributed by atoms with E-state index in [0.29, 0.717) is 48.4 Å². The molecule has 0 aromatic carbocycles. The fourth-order valence-corrected chi connectivity index (χ4v) is 5.32. The van der Waals surface area contributed by atoms with Gasteiger partial charge in [-0.05, 0) is 43.7 Å². The first-order chi connectivity index (χ1) is 14.7. The number of aromatic amines is 1. The molecule has 30 heavy (non-hydrogen) atoms. The second kappa shape index (κ2) is 6.65. The van der Waals surface area contributed by atoms with Crippen LogP contribution in [0.5, 0.6) is 0 Å². The number of nitrogens with zero attached hydrogens (tertiary/aromatic N) is 6. The largest absolute Gasteiger partial charge is 0.334 e. The van der Waals surface area contributed by atoms with Crippen LogP contribution in [-0.2, 0) is 13.0 Å². The monoisotopic (exact) mass is 405 g/mol. The number of carbonyl (C=O) groups excluding carboxylic acids is 2. The SMILES string of the molecule is O=C(c1ccn2ncnc2c1)N1CCc2c(C(=O)N3C[C@@H]4CCC[C@H]3C4)n[nH]c2C1. The van der Waals surface area contributed by atoms with Crippen LogP contribution >= 0.6 is 0 Å². The predicted octanol–water partition coefficient (Wildman–Crippen LogP) is 1.67. The summed E-state index contributed by atoms with van der Waals surface area (Å²) in [6, 6.07) is 3.88. The van der Waals surface area contributed by atoms with Gasteiger partial charge in [0.2, 0.25) is 0 Å². The average molecular weight is 405 g/mol. The maximum atomic E-state index is 13.2. The maximum absolute atomic E-state index is 13.2. The summed E-state index contributed by atoms with van der Waals surface area (Å²) in [7, 11) is 0. The molecule has 1 N–H and O–H groups in total. The minimum absolute atomic E-state index is 0.0537. The molecule has 2 fully saturated rings. The molecular weight excluding hydrogens is 382 g/mol. The van der Waals surface area contributed by atoms with Crippen LogP contribution in [0.25, 0.3) is 5.65 Å². The number of H-pyrrole nitrogens is 1. The van der Waals surface area contributed by atoms with Crippen molar-refractivity contribution in [2.75, 3.05) is 13.1 Å². The van der Waals surface area contributed by atoms with E-state index in [2.05, 4.69) is 20.3 Å². The highest BCUT2D eigenvalue weighted by molar-refractivity contribution is 5.96. The van der Waals surface area contributed by atoms with Gasteiger partial charge < -0.3 is 9.80 Å². The zero-order valence-electron chi connectivity index (χ0n) is 16.6. The highest BCUT2D eigenvalue weighted by Gasteiger charge is 2.40. The molecule has 3 aliphatic rings. The topological polar surface area (TPSA) is 99.5 Å². The molecule has 2 amide bonds. The number of fused-ring (bicyclic) bond motifs is 4. The summed E-state index contributed by atoms with van der Waals surface area (Å²) in [5, 5.41) is 11.5. The fraction of sp³-hybridized carbons (Fsp3) is 0.476. The number of carbonyl (C=O) groups is 2. The van der Waals surface area contributed by atoms with Crippen LogP contribution < -0.4 is 0 Å². The lowest BCUT2D eigenvalue weighted by atomic mass is 9.90. The number of nitrogens with one attached hydrogen (secondary N) is 1. The van der Waals surface area contributed by atoms with Crippen LogP contribution in [0.15, 0.2) is 24.7 Å². The van der Waals surface area contributed by atoms with E-state index in [9.17, 15) is 9.59 Å². The molecule has 0 spiro atoms. The molecule has 154 valence electrons. The molecule has 1 saturated carbocycles. The Labute approximate surface area is 173 Å². The molecule has 5 heterocycles. The van der Waals surface area contributed by atoms with Crippen molar-refractivity contribution in [1.29, 1.82) is 0 Å². The van der Waals surface area contributed by atoms with Gasteiger partial charge in [0.15, 0.2) is 11.3 Å². The highest BCUT2D eigenvalue weighted by atomic mass is 16.2. The third-order valence-corrected chi connectivity index (χ3v) is 6.86. The van der Waals surface area contributed by atoms with Gasteiger partial charge in [-0.25, -0.2) is 9.50 Å². The third-order valence-electron chi connectivity index (χ3n) is 6.86. The van der Waals surface area contributed by atoms with E-state index >= 15 is 0 Å². The second-order valence-electron chi connectivity index (χ2n) is 8.63. The van der Waals surface area contributed by atoms with E-state index in [1.54, 1.807) is 27.7 Å². The van der Waals surface area contributed by atoms with Gasteiger partial charge in [-0.15, -0.1) is 0 Å². The lowest BCUT2D eigenvalue weighted by molar-refractivity contribution is 0.0724. The fourth-order valence-electron chi connectivity index (χ4n) is 5.32. The summed E-state index contributed by atoms with van der Waals surface area (Å²) in [5.74, 6) is 0.652. The summed E-state index contributed by atoms with van der Waals surface area (Å²) in [4.78, 5) is 34.2. The molecule has 2 aliphatic heterocycles. The number of pyridine rings is 1. The Morgan fingerprint density at radius 1 is 1.20 bits per heavy atom. The third kappa shape index (κ3) is 2.72. The summed E-state index contributed by atoms with van der Waals surface area (Å²) >= 11 is 0. The Morgan fingerprint density at radius 3 is 3.03 bits per heavy atom. The number of rotatable bonds is 2. The van der Waals surface area contributed by atoms with E-state index in [-0.39, 0.29) is 11.8 Å². The van der Waals surface area contributed by atoms with Crippen LogP contribution in [0.3, 0.4) is 0 Å². The number of likely N-dealkylation sites (tertiary alicyclic amines) is 1. The predicted molar refractivity (Wildman–Crippen MR) is 107 cm³/mol. The smallest absolute Gasteiger partial charge is 0.274 e. The number of amides is 2. The van der Waals surface area contributed by atoms with Gasteiger partial charge in [-0.3, -0.25) is 14.7 Å². The molecule has 6 rings (SSSR count). The van der Waals surface area contributed by atoms with Gasteiger partial charge in [-0.2, -0.15) is 10.2 Å². The van der Waals surface area contributed by atoms with Crippen molar-refractivity contribution in [3.8, 4) is 0 Å². The minimum Gasteiger partial charge on any atom is -0.334 e. The Bertz CT molecular complexity index is 1150. The molecule has 9 nitrogen and oxygen atoms in total. The number of aromatic nitrogens is 5. The average Bonchev–Trinajstić information content (AvgIpc) is 3.48. The Hall–Kier alpha value is -3.23. The van der Waals surface area contributed by atoms with Crippen LogP contribution in [0.2, 0.25) is 0 Å². The molecule has 0 radical (unpaired) electrons. The van der Waals surface area contributed by atoms with Gasteiger partial charge in [0, 0.05) is 36.5 Å². The molecule has 3 aromatic rings. The van der Waals surface area contributed by atoms with E-state index in [0.717, 1.165) is 30.6 Å². The lowest BCUT2D eigenvalue weighted by Crippen LogP contribution is -2.38. The van der Waals surface area contributed by atoms with Gasteiger partial charge in [0.05, 0.1) is 12.2 Å². The van der Waals surface area contributed by atoms with Crippen molar-refractivity contribution >= 4 is 17.5 Å².